The average Bonchev–Trinajstić information content (AvgIpc) is 2.99. The highest BCUT2D eigenvalue weighted by atomic mass is 16.5. The van der Waals surface area contributed by atoms with Crippen molar-refractivity contribution in [1.29, 1.82) is 0 Å². The molecule has 226 valence electrons. The Labute approximate surface area is 241 Å². The molecule has 0 aromatic heterocycles. The normalized spacial score (nSPS) is 21.2. The van der Waals surface area contributed by atoms with Gasteiger partial charge >= 0.3 is 6.09 Å². The predicted molar refractivity (Wildman–Crippen MR) is 152 cm³/mol. The van der Waals surface area contributed by atoms with E-state index < -0.39 is 24.5 Å². The van der Waals surface area contributed by atoms with Gasteiger partial charge in [0.1, 0.15) is 30.4 Å². The lowest BCUT2D eigenvalue weighted by molar-refractivity contribution is -0.134. The monoisotopic (exact) mass is 574 g/mol. The van der Waals surface area contributed by atoms with Gasteiger partial charge in [0.25, 0.3) is 0 Å². The lowest BCUT2D eigenvalue weighted by atomic mass is 9.86. The number of piperidine rings is 1. The van der Waals surface area contributed by atoms with Gasteiger partial charge < -0.3 is 43.5 Å². The second-order valence-corrected chi connectivity index (χ2v) is 10.3. The standard InChI is InChI=1S/C30H42N2O9/c1-36-13-4-11-31-12-14-39-27-10-5-21(15-26(27)31)18-40-28-17-32(30(34)35)29(41-20-23(33)19-37-2)16-25(28)22-6-8-24(38-3)9-7-22/h5-10,15,23,25,28-29,33H,4,11-14,16-20H2,1-3H3,(H,34,35)/t23?,25?,28?,29-/m1/s1. The molecule has 0 radical (unpaired) electrons. The van der Waals surface area contributed by atoms with Gasteiger partial charge in [-0.1, -0.05) is 18.2 Å². The van der Waals surface area contributed by atoms with E-state index in [0.29, 0.717) is 26.2 Å². The second kappa shape index (κ2) is 15.2. The van der Waals surface area contributed by atoms with E-state index in [1.807, 2.05) is 36.4 Å². The van der Waals surface area contributed by atoms with Gasteiger partial charge in [-0.15, -0.1) is 0 Å². The van der Waals surface area contributed by atoms with Gasteiger partial charge in [-0.25, -0.2) is 4.79 Å². The third kappa shape index (κ3) is 8.23. The molecule has 0 aliphatic carbocycles. The first kappa shape index (κ1) is 30.9. The smallest absolute Gasteiger partial charge is 0.409 e. The Balaban J connectivity index is 1.52. The van der Waals surface area contributed by atoms with Gasteiger partial charge in [-0.2, -0.15) is 0 Å². The van der Waals surface area contributed by atoms with Gasteiger partial charge in [0.15, 0.2) is 0 Å². The molecule has 2 heterocycles. The lowest BCUT2D eigenvalue weighted by Gasteiger charge is -2.42. The van der Waals surface area contributed by atoms with Crippen molar-refractivity contribution in [3.63, 3.8) is 0 Å². The van der Waals surface area contributed by atoms with Crippen LogP contribution in [0.15, 0.2) is 42.5 Å². The van der Waals surface area contributed by atoms with Crippen LogP contribution in [0.3, 0.4) is 0 Å². The number of methoxy groups -OCH3 is 3. The number of benzene rings is 2. The maximum absolute atomic E-state index is 12.2. The molecule has 11 heteroatoms. The Morgan fingerprint density at radius 3 is 2.59 bits per heavy atom. The maximum atomic E-state index is 12.2. The van der Waals surface area contributed by atoms with Gasteiger partial charge in [-0.05, 0) is 41.8 Å². The molecule has 3 unspecified atom stereocenters. The van der Waals surface area contributed by atoms with Crippen LogP contribution in [-0.2, 0) is 25.6 Å². The lowest BCUT2D eigenvalue weighted by Crippen LogP contribution is -2.53. The first-order valence-electron chi connectivity index (χ1n) is 14.0. The number of nitrogens with zero attached hydrogens (tertiary/aromatic N) is 2. The Kier molecular flexibility index (Phi) is 11.5. The molecule has 1 amide bonds. The van der Waals surface area contributed by atoms with Crippen LogP contribution in [-0.4, -0.2) is 107 Å². The van der Waals surface area contributed by atoms with Crippen LogP contribution >= 0.6 is 0 Å². The number of carboxylic acid groups (broad SMARTS) is 1. The van der Waals surface area contributed by atoms with E-state index >= 15 is 0 Å². The first-order valence-corrected chi connectivity index (χ1v) is 14.0. The van der Waals surface area contributed by atoms with Crippen LogP contribution < -0.4 is 14.4 Å². The number of likely N-dealkylation sites (tertiary alicyclic amines) is 1. The van der Waals surface area contributed by atoms with Crippen molar-refractivity contribution in [3.05, 3.63) is 53.6 Å². The first-order chi connectivity index (χ1) is 19.9. The zero-order chi connectivity index (χ0) is 29.2. The van der Waals surface area contributed by atoms with Gasteiger partial charge in [0.05, 0.1) is 51.8 Å². The van der Waals surface area contributed by atoms with E-state index in [0.717, 1.165) is 47.8 Å². The predicted octanol–water partition coefficient (Wildman–Crippen LogP) is 3.33. The summed E-state index contributed by atoms with van der Waals surface area (Å²) in [7, 11) is 4.81. The average molecular weight is 575 g/mol. The maximum Gasteiger partial charge on any atom is 0.409 e. The zero-order valence-corrected chi connectivity index (χ0v) is 24.1. The fraction of sp³-hybridized carbons (Fsp3) is 0.567. The number of rotatable bonds is 14. The van der Waals surface area contributed by atoms with E-state index in [1.54, 1.807) is 14.2 Å². The molecule has 41 heavy (non-hydrogen) atoms. The Bertz CT molecular complexity index is 1100. The summed E-state index contributed by atoms with van der Waals surface area (Å²) >= 11 is 0. The molecule has 2 aromatic rings. The molecule has 2 N–H and O–H groups in total. The minimum Gasteiger partial charge on any atom is -0.497 e. The molecule has 11 nitrogen and oxygen atoms in total. The molecular weight excluding hydrogens is 532 g/mol. The minimum atomic E-state index is -1.10. The third-order valence-electron chi connectivity index (χ3n) is 7.48. The SMILES string of the molecule is COCCCN1CCOc2ccc(COC3CN(C(=O)O)[C@H](OCC(O)COC)CC3c3ccc(OC)cc3)cc21. The van der Waals surface area contributed by atoms with Crippen molar-refractivity contribution < 1.29 is 43.4 Å². The number of aliphatic hydroxyl groups is 1. The number of ether oxygens (including phenoxy) is 6. The molecule has 1 saturated heterocycles. The van der Waals surface area contributed by atoms with Crippen LogP contribution in [0.1, 0.15) is 29.9 Å². The number of amides is 1. The largest absolute Gasteiger partial charge is 0.497 e. The van der Waals surface area contributed by atoms with E-state index in [9.17, 15) is 15.0 Å². The summed E-state index contributed by atoms with van der Waals surface area (Å²) in [5.41, 5.74) is 3.00. The minimum absolute atomic E-state index is 0.0405. The van der Waals surface area contributed by atoms with Gasteiger partial charge in [0.2, 0.25) is 0 Å². The summed E-state index contributed by atoms with van der Waals surface area (Å²) in [6, 6.07) is 13.8. The number of anilines is 1. The summed E-state index contributed by atoms with van der Waals surface area (Å²) in [6.07, 6.45) is -1.84. The third-order valence-corrected chi connectivity index (χ3v) is 7.48. The van der Waals surface area contributed by atoms with E-state index in [2.05, 4.69) is 11.0 Å². The van der Waals surface area contributed by atoms with Crippen molar-refractivity contribution >= 4 is 11.8 Å². The number of aliphatic hydroxyl groups excluding tert-OH is 1. The topological polar surface area (TPSA) is 119 Å². The molecule has 2 aliphatic heterocycles. The highest BCUT2D eigenvalue weighted by Crippen LogP contribution is 2.37. The molecule has 0 spiro atoms. The molecule has 1 fully saturated rings. The number of hydrogen-bond acceptors (Lipinski definition) is 9. The van der Waals surface area contributed by atoms with Gasteiger partial charge in [0, 0.05) is 39.7 Å². The van der Waals surface area contributed by atoms with Crippen molar-refractivity contribution in [2.75, 3.05) is 72.3 Å². The molecular formula is C30H42N2O9. The second-order valence-electron chi connectivity index (χ2n) is 10.3. The summed E-state index contributed by atoms with van der Waals surface area (Å²) in [4.78, 5) is 15.8. The Morgan fingerprint density at radius 1 is 1.07 bits per heavy atom. The summed E-state index contributed by atoms with van der Waals surface area (Å²) in [5.74, 6) is 1.43. The Hall–Kier alpha value is -3.09. The van der Waals surface area contributed by atoms with Gasteiger partial charge in [-0.3, -0.25) is 4.90 Å². The molecule has 0 bridgehead atoms. The van der Waals surface area contributed by atoms with Crippen molar-refractivity contribution in [2.24, 2.45) is 0 Å². The van der Waals surface area contributed by atoms with Crippen molar-refractivity contribution in [3.8, 4) is 11.5 Å². The number of fused-ring (bicyclic) bond motifs is 1. The van der Waals surface area contributed by atoms with Crippen LogP contribution in [0, 0.1) is 0 Å². The summed E-state index contributed by atoms with van der Waals surface area (Å²) in [6.45, 7) is 3.49. The fourth-order valence-corrected chi connectivity index (χ4v) is 5.37. The fourth-order valence-electron chi connectivity index (χ4n) is 5.37. The van der Waals surface area contributed by atoms with Crippen LogP contribution in [0.2, 0.25) is 0 Å². The van der Waals surface area contributed by atoms with E-state index in [-0.39, 0.29) is 25.7 Å². The zero-order valence-electron chi connectivity index (χ0n) is 24.1. The van der Waals surface area contributed by atoms with E-state index in [4.69, 9.17) is 28.4 Å². The number of hydrogen-bond donors (Lipinski definition) is 2. The molecule has 0 saturated carbocycles. The van der Waals surface area contributed by atoms with E-state index in [1.165, 1.54) is 12.0 Å². The quantitative estimate of drug-likeness (QED) is 0.325. The molecule has 4 atom stereocenters. The van der Waals surface area contributed by atoms with Crippen molar-refractivity contribution in [2.45, 2.75) is 43.8 Å². The highest BCUT2D eigenvalue weighted by Gasteiger charge is 2.40. The van der Waals surface area contributed by atoms with Crippen LogP contribution in [0.4, 0.5) is 10.5 Å². The van der Waals surface area contributed by atoms with Crippen LogP contribution in [0.25, 0.3) is 0 Å². The Morgan fingerprint density at radius 2 is 1.88 bits per heavy atom. The van der Waals surface area contributed by atoms with Crippen molar-refractivity contribution in [1.82, 2.24) is 4.90 Å². The molecule has 2 aromatic carbocycles. The summed E-state index contributed by atoms with van der Waals surface area (Å²) < 4.78 is 33.8. The number of carbonyl (C=O) groups is 1. The van der Waals surface area contributed by atoms with Crippen LogP contribution in [0.5, 0.6) is 11.5 Å². The summed E-state index contributed by atoms with van der Waals surface area (Å²) in [5, 5.41) is 20.1. The molecule has 2 aliphatic rings. The highest BCUT2D eigenvalue weighted by molar-refractivity contribution is 5.65. The molecule has 4 rings (SSSR count).